The third-order valence-corrected chi connectivity index (χ3v) is 8.43. The van der Waals surface area contributed by atoms with Crippen molar-refractivity contribution >= 4 is 50.2 Å². The number of hydrogen-bond donors (Lipinski definition) is 6. The maximum atomic E-state index is 14.6. The van der Waals surface area contributed by atoms with Gasteiger partial charge >= 0.3 is 24.4 Å². The molecule has 62 heavy (non-hydrogen) atoms. The quantitative estimate of drug-likeness (QED) is 0.0768. The lowest BCUT2D eigenvalue weighted by molar-refractivity contribution is -0.141. The Labute approximate surface area is 368 Å². The normalized spacial score (nSPS) is 13.3. The number of primary amides is 1. The van der Waals surface area contributed by atoms with Crippen molar-refractivity contribution in [3.8, 4) is 11.5 Å². The monoisotopic (exact) mass is 889 g/mol. The van der Waals surface area contributed by atoms with Gasteiger partial charge in [-0.1, -0.05) is 37.7 Å². The van der Waals surface area contributed by atoms with Gasteiger partial charge in [-0.15, -0.1) is 5.54 Å². The van der Waals surface area contributed by atoms with Gasteiger partial charge in [-0.3, -0.25) is 14.4 Å². The first-order valence-electron chi connectivity index (χ1n) is 20.6. The van der Waals surface area contributed by atoms with E-state index in [1.165, 1.54) is 0 Å². The van der Waals surface area contributed by atoms with E-state index in [-0.39, 0.29) is 13.0 Å². The molecular weight excluding hydrogens is 819 g/mol. The van der Waals surface area contributed by atoms with E-state index in [9.17, 15) is 33.6 Å². The van der Waals surface area contributed by atoms with Crippen LogP contribution in [-0.2, 0) is 39.8 Å². The van der Waals surface area contributed by atoms with Crippen LogP contribution in [0.4, 0.5) is 19.2 Å². The Morgan fingerprint density at radius 3 is 1.47 bits per heavy atom. The number of nitrogens with zero attached hydrogens (tertiary/aromatic N) is 1. The Balaban J connectivity index is 3.60. The number of nitrogens with one attached hydrogen (secondary N) is 5. The molecule has 0 saturated carbocycles. The van der Waals surface area contributed by atoms with Gasteiger partial charge in [0.15, 0.2) is 0 Å². The van der Waals surface area contributed by atoms with E-state index in [0.29, 0.717) is 6.42 Å². The van der Waals surface area contributed by atoms with Crippen LogP contribution in [-0.4, -0.2) is 122 Å². The first-order valence-corrected chi connectivity index (χ1v) is 24.1. The van der Waals surface area contributed by atoms with Crippen molar-refractivity contribution in [2.45, 2.75) is 156 Å². The Kier molecular flexibility index (Phi) is 20.3. The first kappa shape index (κ1) is 54.5. The molecule has 1 aromatic carbocycles. The van der Waals surface area contributed by atoms with Crippen molar-refractivity contribution in [1.82, 2.24) is 31.5 Å². The summed E-state index contributed by atoms with van der Waals surface area (Å²) in [5, 5.41) is 12.4. The fraction of sp³-hybridized carbons (Fsp3) is 0.651. The Morgan fingerprint density at radius 2 is 1.05 bits per heavy atom. The van der Waals surface area contributed by atoms with Gasteiger partial charge in [0, 0.05) is 18.7 Å². The van der Waals surface area contributed by atoms with Gasteiger partial charge in [-0.25, -0.2) is 19.2 Å². The maximum absolute atomic E-state index is 14.6. The van der Waals surface area contributed by atoms with Crippen LogP contribution < -0.4 is 32.3 Å². The van der Waals surface area contributed by atoms with Crippen LogP contribution in [0.5, 0.6) is 0 Å². The zero-order valence-corrected chi connectivity index (χ0v) is 40.3. The summed E-state index contributed by atoms with van der Waals surface area (Å²) < 4.78 is 21.3. The fourth-order valence-corrected chi connectivity index (χ4v) is 5.60. The smallest absolute Gasteiger partial charge is 0.408 e. The summed E-state index contributed by atoms with van der Waals surface area (Å²) in [6.07, 6.45) is -3.00. The fourth-order valence-electron chi connectivity index (χ4n) is 5.08. The molecule has 0 unspecified atom stereocenters. The topological polar surface area (TPSA) is 246 Å². The molecule has 0 aromatic heterocycles. The second-order valence-electron chi connectivity index (χ2n) is 19.7. The molecule has 7 N–H and O–H groups in total. The number of carbonyl (C=O) groups excluding carboxylic acids is 7. The third kappa shape index (κ3) is 24.7. The highest BCUT2D eigenvalue weighted by Gasteiger charge is 2.36. The highest BCUT2D eigenvalue weighted by Crippen LogP contribution is 2.14. The molecule has 0 aliphatic carbocycles. The van der Waals surface area contributed by atoms with Crippen molar-refractivity contribution < 1.29 is 52.5 Å². The standard InChI is InChI=1S/C43H71N7O11Si/c1-40(2,3)58-36(54)46-25-30(48-38(56)60-42(7,8)9)34(52)45-27-32(33(44)51)50(23-16-17-28-18-20-29(21-19-28)22-24-62(13,14)15)35(53)31(49-39(57)61-43(10,11)12)26-47-37(55)59-41(4,5)6/h18-21,30-32H,16-17,23,25-27H2,1-15H3,(H2,44,51)(H,45,52)(H,46,54)(H,47,55)(H,48,56)(H,49,57)/t30-,31-,32-/m0/s1. The molecule has 0 radical (unpaired) electrons. The van der Waals surface area contributed by atoms with Crippen LogP contribution in [0.2, 0.25) is 19.6 Å². The van der Waals surface area contributed by atoms with E-state index in [4.69, 9.17) is 24.7 Å². The first-order chi connectivity index (χ1) is 28.1. The molecule has 3 atom stereocenters. The highest BCUT2D eigenvalue weighted by molar-refractivity contribution is 6.83. The summed E-state index contributed by atoms with van der Waals surface area (Å²) in [4.78, 5) is 93.7. The van der Waals surface area contributed by atoms with Gasteiger partial charge in [0.2, 0.25) is 17.7 Å². The molecular formula is C43H71N7O11Si. The minimum Gasteiger partial charge on any atom is -0.444 e. The zero-order chi connectivity index (χ0) is 47.9. The highest BCUT2D eigenvalue weighted by atomic mass is 28.3. The van der Waals surface area contributed by atoms with Gasteiger partial charge in [-0.2, -0.15) is 0 Å². The molecule has 1 aromatic rings. The largest absolute Gasteiger partial charge is 0.444 e. The summed E-state index contributed by atoms with van der Waals surface area (Å²) in [5.41, 5.74) is 7.35. The van der Waals surface area contributed by atoms with Crippen LogP contribution in [0.3, 0.4) is 0 Å². The van der Waals surface area contributed by atoms with Crippen molar-refractivity contribution in [2.75, 3.05) is 26.2 Å². The molecule has 19 heteroatoms. The summed E-state index contributed by atoms with van der Waals surface area (Å²) >= 11 is 0. The average molecular weight is 890 g/mol. The number of benzene rings is 1. The van der Waals surface area contributed by atoms with Gasteiger partial charge in [0.25, 0.3) is 0 Å². The summed E-state index contributed by atoms with van der Waals surface area (Å²) in [6, 6.07) is 3.12. The number of amides is 7. The maximum Gasteiger partial charge on any atom is 0.408 e. The number of nitrogens with two attached hydrogens (primary N) is 1. The minimum atomic E-state index is -1.60. The SMILES string of the molecule is CC(C)(C)OC(=O)NC[C@H](NC(=O)OC(C)(C)C)C(=O)NC[C@@H](C(N)=O)N(CCCc1ccc(C#C[Si](C)(C)C)cc1)C(=O)[C@H](CNC(=O)OC(C)(C)C)NC(=O)OC(C)(C)C. The molecule has 0 bridgehead atoms. The second kappa shape index (κ2) is 23.1. The molecule has 0 aliphatic heterocycles. The van der Waals surface area contributed by atoms with E-state index >= 15 is 0 Å². The van der Waals surface area contributed by atoms with E-state index in [1.54, 1.807) is 83.1 Å². The van der Waals surface area contributed by atoms with Crippen LogP contribution >= 0.6 is 0 Å². The van der Waals surface area contributed by atoms with Crippen molar-refractivity contribution in [3.05, 3.63) is 35.4 Å². The lowest BCUT2D eigenvalue weighted by atomic mass is 10.1. The van der Waals surface area contributed by atoms with Crippen molar-refractivity contribution in [2.24, 2.45) is 5.73 Å². The zero-order valence-electron chi connectivity index (χ0n) is 39.3. The lowest BCUT2D eigenvalue weighted by Crippen LogP contribution is -2.62. The number of ether oxygens (including phenoxy) is 4. The molecule has 348 valence electrons. The van der Waals surface area contributed by atoms with Gasteiger partial charge < -0.3 is 56.2 Å². The number of rotatable bonds is 16. The van der Waals surface area contributed by atoms with Crippen LogP contribution in [0, 0.1) is 11.5 Å². The third-order valence-electron chi connectivity index (χ3n) is 7.55. The lowest BCUT2D eigenvalue weighted by Gasteiger charge is -2.34. The van der Waals surface area contributed by atoms with E-state index < -0.39 is 110 Å². The Bertz CT molecular complexity index is 1780. The summed E-state index contributed by atoms with van der Waals surface area (Å²) in [7, 11) is -1.60. The van der Waals surface area contributed by atoms with E-state index in [1.807, 2.05) is 24.3 Å². The van der Waals surface area contributed by atoms with Crippen molar-refractivity contribution in [3.63, 3.8) is 0 Å². The van der Waals surface area contributed by atoms with Crippen LogP contribution in [0.1, 0.15) is 101 Å². The number of hydrogen-bond acceptors (Lipinski definition) is 11. The summed E-state index contributed by atoms with van der Waals surface area (Å²) in [6.45, 7) is 24.5. The molecule has 0 fully saturated rings. The summed E-state index contributed by atoms with van der Waals surface area (Å²) in [5.74, 6) is 0.457. The van der Waals surface area contributed by atoms with Crippen LogP contribution in [0.15, 0.2) is 24.3 Å². The van der Waals surface area contributed by atoms with Crippen molar-refractivity contribution in [1.29, 1.82) is 0 Å². The Hall–Kier alpha value is -5.51. The molecule has 0 spiro atoms. The van der Waals surface area contributed by atoms with Gasteiger partial charge in [0.1, 0.15) is 48.6 Å². The van der Waals surface area contributed by atoms with Gasteiger partial charge in [0.05, 0.1) is 13.1 Å². The molecule has 18 nitrogen and oxygen atoms in total. The number of alkyl carbamates (subject to hydrolysis) is 4. The Morgan fingerprint density at radius 1 is 0.629 bits per heavy atom. The van der Waals surface area contributed by atoms with Gasteiger partial charge in [-0.05, 0) is 114 Å². The minimum absolute atomic E-state index is 0.113. The number of aryl methyl sites for hydroxylation is 1. The number of carbonyl (C=O) groups is 7. The predicted molar refractivity (Wildman–Crippen MR) is 237 cm³/mol. The second-order valence-corrected chi connectivity index (χ2v) is 24.4. The molecule has 0 saturated heterocycles. The molecule has 0 aliphatic rings. The predicted octanol–water partition coefficient (Wildman–Crippen LogP) is 4.48. The van der Waals surface area contributed by atoms with Crippen LogP contribution in [0.25, 0.3) is 0 Å². The molecule has 0 heterocycles. The molecule has 1 rings (SSSR count). The van der Waals surface area contributed by atoms with E-state index in [2.05, 4.69) is 57.7 Å². The average Bonchev–Trinajstić information content (AvgIpc) is 3.06. The van der Waals surface area contributed by atoms with E-state index in [0.717, 1.165) is 16.0 Å². The molecule has 7 amide bonds.